The van der Waals surface area contributed by atoms with Crippen molar-refractivity contribution in [2.45, 2.75) is 6.54 Å². The van der Waals surface area contributed by atoms with E-state index < -0.39 is 15.8 Å². The highest BCUT2D eigenvalue weighted by Gasteiger charge is 2.07. The number of hydrogen-bond donors (Lipinski definition) is 1. The number of sulfonamides is 1. The van der Waals surface area contributed by atoms with E-state index in [0.29, 0.717) is 5.56 Å². The summed E-state index contributed by atoms with van der Waals surface area (Å²) in [6, 6.07) is 4.05. The summed E-state index contributed by atoms with van der Waals surface area (Å²) in [5.41, 5.74) is 0.603. The van der Waals surface area contributed by atoms with E-state index in [9.17, 15) is 12.8 Å². The third-order valence-corrected chi connectivity index (χ3v) is 4.59. The maximum atomic E-state index is 12.8. The van der Waals surface area contributed by atoms with E-state index in [1.807, 2.05) is 0 Å². The highest BCUT2D eigenvalue weighted by Crippen LogP contribution is 2.15. The van der Waals surface area contributed by atoms with Crippen LogP contribution in [0.3, 0.4) is 0 Å². The number of alkyl halides is 1. The van der Waals surface area contributed by atoms with Gasteiger partial charge in [-0.05, 0) is 17.7 Å². The predicted octanol–water partition coefficient (Wildman–Crippen LogP) is 2.25. The summed E-state index contributed by atoms with van der Waals surface area (Å²) in [6.07, 6.45) is 0. The summed E-state index contributed by atoms with van der Waals surface area (Å²) >= 11 is 8.37. The molecule has 0 bridgehead atoms. The molecule has 0 fully saturated rings. The second-order valence-corrected chi connectivity index (χ2v) is 6.31. The average molecular weight is 317 g/mol. The average Bonchev–Trinajstić information content (AvgIpc) is 2.20. The highest BCUT2D eigenvalue weighted by molar-refractivity contribution is 9.10. The number of halogens is 3. The van der Waals surface area contributed by atoms with Crippen LogP contribution >= 0.6 is 27.5 Å². The Morgan fingerprint density at radius 2 is 2.13 bits per heavy atom. The first-order valence-corrected chi connectivity index (χ1v) is 7.07. The molecule has 0 amide bonds. The van der Waals surface area contributed by atoms with Gasteiger partial charge < -0.3 is 0 Å². The van der Waals surface area contributed by atoms with Crippen LogP contribution in [0, 0.1) is 5.82 Å². The number of rotatable bonds is 4. The van der Waals surface area contributed by atoms with E-state index in [2.05, 4.69) is 20.7 Å². The van der Waals surface area contributed by atoms with Crippen LogP contribution in [0.15, 0.2) is 18.2 Å². The van der Waals surface area contributed by atoms with E-state index in [-0.39, 0.29) is 16.2 Å². The van der Waals surface area contributed by atoms with Crippen molar-refractivity contribution < 1.29 is 12.8 Å². The van der Waals surface area contributed by atoms with Gasteiger partial charge in [0, 0.05) is 6.54 Å². The SMILES string of the molecule is O=S(=O)(CBr)NCc1ccc(F)c(Cl)c1. The van der Waals surface area contributed by atoms with Gasteiger partial charge in [-0.3, -0.25) is 0 Å². The van der Waals surface area contributed by atoms with E-state index in [1.165, 1.54) is 18.2 Å². The molecule has 0 atom stereocenters. The molecule has 84 valence electrons. The maximum Gasteiger partial charge on any atom is 0.221 e. The van der Waals surface area contributed by atoms with Gasteiger partial charge in [0.05, 0.1) is 5.02 Å². The molecule has 1 aromatic carbocycles. The molecular formula is C8H8BrClFNO2S. The topological polar surface area (TPSA) is 46.2 Å². The second kappa shape index (κ2) is 5.25. The smallest absolute Gasteiger partial charge is 0.212 e. The molecule has 1 N–H and O–H groups in total. The van der Waals surface area contributed by atoms with E-state index >= 15 is 0 Å². The minimum absolute atomic E-state index is 0.0226. The van der Waals surface area contributed by atoms with Crippen LogP contribution in [-0.4, -0.2) is 13.1 Å². The standard InChI is InChI=1S/C8H8BrClFNO2S/c9-5-15(13,14)12-4-6-1-2-8(11)7(10)3-6/h1-3,12H,4-5H2. The molecule has 0 aliphatic heterocycles. The lowest BCUT2D eigenvalue weighted by molar-refractivity contribution is 0.586. The summed E-state index contributed by atoms with van der Waals surface area (Å²) in [6.45, 7) is 0.0912. The molecule has 0 saturated carbocycles. The second-order valence-electron chi connectivity index (χ2n) is 2.79. The van der Waals surface area contributed by atoms with Gasteiger partial charge in [0.2, 0.25) is 10.0 Å². The van der Waals surface area contributed by atoms with E-state index in [1.54, 1.807) is 0 Å². The predicted molar refractivity (Wildman–Crippen MR) is 61.0 cm³/mol. The summed E-state index contributed by atoms with van der Waals surface area (Å²) in [5, 5.41) is -0.0226. The van der Waals surface area contributed by atoms with Crippen molar-refractivity contribution in [3.63, 3.8) is 0 Å². The van der Waals surface area contributed by atoms with Gasteiger partial charge in [-0.1, -0.05) is 33.6 Å². The lowest BCUT2D eigenvalue weighted by atomic mass is 10.2. The Morgan fingerprint density at radius 1 is 1.47 bits per heavy atom. The first kappa shape index (κ1) is 12.9. The Balaban J connectivity index is 2.71. The van der Waals surface area contributed by atoms with Crippen LogP contribution in [0.4, 0.5) is 4.39 Å². The van der Waals surface area contributed by atoms with Crippen LogP contribution in [0.1, 0.15) is 5.56 Å². The third-order valence-electron chi connectivity index (χ3n) is 1.62. The van der Waals surface area contributed by atoms with Crippen molar-refractivity contribution in [2.24, 2.45) is 0 Å². The first-order valence-electron chi connectivity index (χ1n) is 3.92. The molecule has 0 aliphatic rings. The third kappa shape index (κ3) is 4.06. The summed E-state index contributed by atoms with van der Waals surface area (Å²) in [7, 11) is -3.31. The Morgan fingerprint density at radius 3 is 2.67 bits per heavy atom. The largest absolute Gasteiger partial charge is 0.221 e. The van der Waals surface area contributed by atoms with E-state index in [0.717, 1.165) is 0 Å². The van der Waals surface area contributed by atoms with Crippen LogP contribution in [-0.2, 0) is 16.6 Å². The number of hydrogen-bond acceptors (Lipinski definition) is 2. The lowest BCUT2D eigenvalue weighted by Gasteiger charge is -2.04. The highest BCUT2D eigenvalue weighted by atomic mass is 79.9. The molecule has 3 nitrogen and oxygen atoms in total. The van der Waals surface area contributed by atoms with Gasteiger partial charge in [-0.2, -0.15) is 0 Å². The van der Waals surface area contributed by atoms with Crippen molar-refractivity contribution in [1.29, 1.82) is 0 Å². The van der Waals surface area contributed by atoms with Crippen LogP contribution in [0.2, 0.25) is 5.02 Å². The molecule has 0 aromatic heterocycles. The molecule has 7 heteroatoms. The van der Waals surface area contributed by atoms with Crippen molar-refractivity contribution >= 4 is 37.6 Å². The lowest BCUT2D eigenvalue weighted by Crippen LogP contribution is -2.23. The number of benzene rings is 1. The molecular weight excluding hydrogens is 309 g/mol. The summed E-state index contributed by atoms with van der Waals surface area (Å²) in [5.74, 6) is -0.524. The van der Waals surface area contributed by atoms with E-state index in [4.69, 9.17) is 11.6 Å². The number of nitrogens with one attached hydrogen (secondary N) is 1. The van der Waals surface area contributed by atoms with Gasteiger partial charge in [-0.15, -0.1) is 0 Å². The Bertz CT molecular complexity index is 452. The molecule has 1 rings (SSSR count). The first-order chi connectivity index (χ1) is 6.94. The van der Waals surface area contributed by atoms with Crippen LogP contribution in [0.25, 0.3) is 0 Å². The van der Waals surface area contributed by atoms with Crippen LogP contribution < -0.4 is 4.72 Å². The van der Waals surface area contributed by atoms with Crippen molar-refractivity contribution in [3.05, 3.63) is 34.6 Å². The molecule has 0 heterocycles. The fraction of sp³-hybridized carbons (Fsp3) is 0.250. The molecule has 1 aromatic rings. The fourth-order valence-corrected chi connectivity index (χ4v) is 2.03. The summed E-state index contributed by atoms with van der Waals surface area (Å²) in [4.78, 5) is 0. The van der Waals surface area contributed by atoms with Crippen molar-refractivity contribution in [2.75, 3.05) is 4.66 Å². The monoisotopic (exact) mass is 315 g/mol. The molecule has 0 spiro atoms. The van der Waals surface area contributed by atoms with Crippen molar-refractivity contribution in [1.82, 2.24) is 4.72 Å². The maximum absolute atomic E-state index is 12.8. The molecule has 0 aliphatic carbocycles. The Kier molecular flexibility index (Phi) is 4.51. The van der Waals surface area contributed by atoms with Gasteiger partial charge in [0.15, 0.2) is 0 Å². The Hall–Kier alpha value is -0.170. The minimum atomic E-state index is -3.31. The normalized spacial score (nSPS) is 11.7. The van der Waals surface area contributed by atoms with Gasteiger partial charge in [0.25, 0.3) is 0 Å². The summed E-state index contributed by atoms with van der Waals surface area (Å²) < 4.78 is 37.0. The minimum Gasteiger partial charge on any atom is -0.212 e. The quantitative estimate of drug-likeness (QED) is 0.866. The van der Waals surface area contributed by atoms with Crippen LogP contribution in [0.5, 0.6) is 0 Å². The molecule has 0 unspecified atom stereocenters. The molecule has 0 saturated heterocycles. The van der Waals surface area contributed by atoms with Gasteiger partial charge in [0.1, 0.15) is 10.5 Å². The van der Waals surface area contributed by atoms with Gasteiger partial charge >= 0.3 is 0 Å². The molecule has 15 heavy (non-hydrogen) atoms. The zero-order valence-corrected chi connectivity index (χ0v) is 10.7. The zero-order valence-electron chi connectivity index (χ0n) is 7.50. The zero-order chi connectivity index (χ0) is 11.5. The fourth-order valence-electron chi connectivity index (χ4n) is 0.881. The van der Waals surface area contributed by atoms with Gasteiger partial charge in [-0.25, -0.2) is 17.5 Å². The Labute approximate surface area is 101 Å². The van der Waals surface area contributed by atoms with Crippen molar-refractivity contribution in [3.8, 4) is 0 Å². The molecule has 0 radical (unpaired) electrons.